The van der Waals surface area contributed by atoms with Gasteiger partial charge in [-0.2, -0.15) is 0 Å². The predicted octanol–water partition coefficient (Wildman–Crippen LogP) is 4.94. The number of para-hydroxylation sites is 1. The van der Waals surface area contributed by atoms with Gasteiger partial charge in [0, 0.05) is 63.2 Å². The van der Waals surface area contributed by atoms with Crippen LogP contribution >= 0.6 is 0 Å². The molecule has 1 saturated heterocycles. The summed E-state index contributed by atoms with van der Waals surface area (Å²) in [6.07, 6.45) is 0. The average Bonchev–Trinajstić information content (AvgIpc) is 3.08. The molecule has 0 atom stereocenters. The minimum absolute atomic E-state index is 0.440. The third-order valence-electron chi connectivity index (χ3n) is 6.83. The largest absolute Gasteiger partial charge is 0.753 e. The maximum Gasteiger partial charge on any atom is 0.281 e. The van der Waals surface area contributed by atoms with Crippen LogP contribution in [0.1, 0.15) is 25.0 Å². The lowest BCUT2D eigenvalue weighted by molar-refractivity contribution is -0.532. The number of nitrogens with one attached hydrogen (secondary N) is 1. The molecule has 1 N–H and O–H groups in total. The standard InChI is InChI=1S/C28H32N6O2/c1-28(2)33(35)25-14-13-23(19-26(25)34(28)36)21-31-15-17-32(18-16-31)27(30-24-11-7-4-8-12-24)29-20-22-9-5-3-6-10-22/h3-14,19H,15-18,20-21H2,1-2H3,(H,29,30). The lowest BCUT2D eigenvalue weighted by atomic mass is 10.1. The van der Waals surface area contributed by atoms with Crippen LogP contribution in [0.4, 0.5) is 17.1 Å². The van der Waals surface area contributed by atoms with E-state index in [2.05, 4.69) is 27.2 Å². The number of hydrogen-bond donors (Lipinski definition) is 1. The first-order chi connectivity index (χ1) is 17.4. The Balaban J connectivity index is 1.25. The molecule has 0 radical (unpaired) electrons. The maximum atomic E-state index is 12.6. The van der Waals surface area contributed by atoms with Gasteiger partial charge in [0.1, 0.15) is 5.69 Å². The van der Waals surface area contributed by atoms with Crippen LogP contribution in [-0.2, 0) is 13.1 Å². The molecule has 0 spiro atoms. The fourth-order valence-electron chi connectivity index (χ4n) is 4.67. The van der Waals surface area contributed by atoms with Gasteiger partial charge in [-0.1, -0.05) is 54.6 Å². The molecule has 2 heterocycles. The van der Waals surface area contributed by atoms with Crippen LogP contribution < -0.4 is 10.4 Å². The number of nitroso groups, excluding NO2 is 1. The molecule has 0 saturated carbocycles. The minimum Gasteiger partial charge on any atom is -0.753 e. The second kappa shape index (κ2) is 10.1. The van der Waals surface area contributed by atoms with Gasteiger partial charge in [0.2, 0.25) is 0 Å². The molecule has 2 aliphatic heterocycles. The summed E-state index contributed by atoms with van der Waals surface area (Å²) in [5.74, 6) is 0.877. The van der Waals surface area contributed by atoms with Crippen molar-refractivity contribution in [3.63, 3.8) is 0 Å². The Labute approximate surface area is 212 Å². The van der Waals surface area contributed by atoms with Crippen LogP contribution in [0.15, 0.2) is 83.9 Å². The molecule has 0 amide bonds. The van der Waals surface area contributed by atoms with Crippen LogP contribution in [0, 0.1) is 10.1 Å². The monoisotopic (exact) mass is 484 g/mol. The third-order valence-corrected chi connectivity index (χ3v) is 6.83. The quantitative estimate of drug-likeness (QED) is 0.314. The topological polar surface area (TPSA) is 77.2 Å². The van der Waals surface area contributed by atoms with E-state index < -0.39 is 5.66 Å². The van der Waals surface area contributed by atoms with Crippen molar-refractivity contribution in [3.8, 4) is 0 Å². The Morgan fingerprint density at radius 1 is 0.944 bits per heavy atom. The highest BCUT2D eigenvalue weighted by Crippen LogP contribution is 2.43. The fraction of sp³-hybridized carbons (Fsp3) is 0.321. The zero-order valence-corrected chi connectivity index (χ0v) is 20.8. The Hall–Kier alpha value is -3.75. The van der Waals surface area contributed by atoms with Gasteiger partial charge in [-0.3, -0.25) is 4.90 Å². The van der Waals surface area contributed by atoms with Gasteiger partial charge in [-0.15, -0.1) is 0 Å². The molecule has 8 heteroatoms. The van der Waals surface area contributed by atoms with E-state index in [-0.39, 0.29) is 0 Å². The Morgan fingerprint density at radius 2 is 1.61 bits per heavy atom. The maximum absolute atomic E-state index is 12.6. The van der Waals surface area contributed by atoms with E-state index in [1.165, 1.54) is 5.56 Å². The Kier molecular flexibility index (Phi) is 6.71. The molecule has 5 rings (SSSR count). The Morgan fingerprint density at radius 3 is 2.31 bits per heavy atom. The van der Waals surface area contributed by atoms with Crippen molar-refractivity contribution >= 4 is 23.0 Å². The summed E-state index contributed by atoms with van der Waals surface area (Å²) >= 11 is 0. The number of rotatable bonds is 5. The first-order valence-electron chi connectivity index (χ1n) is 12.4. The number of hydrogen-bond acceptors (Lipinski definition) is 5. The Bertz CT molecular complexity index is 1240. The molecule has 36 heavy (non-hydrogen) atoms. The lowest BCUT2D eigenvalue weighted by Crippen LogP contribution is -2.50. The van der Waals surface area contributed by atoms with E-state index in [4.69, 9.17) is 4.99 Å². The van der Waals surface area contributed by atoms with Gasteiger partial charge in [-0.05, 0) is 29.3 Å². The third kappa shape index (κ3) is 4.96. The number of aliphatic imine (C=N–C) groups is 1. The van der Waals surface area contributed by atoms with Crippen molar-refractivity contribution in [2.75, 3.05) is 36.6 Å². The van der Waals surface area contributed by atoms with E-state index in [0.29, 0.717) is 17.9 Å². The molecular weight excluding hydrogens is 452 g/mol. The summed E-state index contributed by atoms with van der Waals surface area (Å²) in [4.78, 5) is 22.0. The zero-order valence-electron chi connectivity index (χ0n) is 20.8. The van der Waals surface area contributed by atoms with Gasteiger partial charge in [0.05, 0.1) is 11.3 Å². The molecule has 3 aromatic rings. The number of piperazine rings is 1. The number of guanidine groups is 1. The number of benzene rings is 3. The molecular formula is C28H32N6O2. The van der Waals surface area contributed by atoms with Crippen LogP contribution in [0.5, 0.6) is 0 Å². The van der Waals surface area contributed by atoms with Crippen molar-refractivity contribution in [3.05, 3.63) is 100 Å². The zero-order chi connectivity index (χ0) is 25.1. The van der Waals surface area contributed by atoms with Gasteiger partial charge in [0.15, 0.2) is 5.96 Å². The average molecular weight is 485 g/mol. The van der Waals surface area contributed by atoms with Crippen molar-refractivity contribution in [2.24, 2.45) is 4.99 Å². The van der Waals surface area contributed by atoms with Gasteiger partial charge < -0.3 is 20.5 Å². The highest BCUT2D eigenvalue weighted by Gasteiger charge is 2.48. The van der Waals surface area contributed by atoms with Crippen molar-refractivity contribution in [1.29, 1.82) is 0 Å². The molecule has 0 bridgehead atoms. The summed E-state index contributed by atoms with van der Waals surface area (Å²) in [6.45, 7) is 8.07. The van der Waals surface area contributed by atoms with E-state index >= 15 is 0 Å². The lowest BCUT2D eigenvalue weighted by Gasteiger charge is -2.36. The fourth-order valence-corrected chi connectivity index (χ4v) is 4.67. The van der Waals surface area contributed by atoms with Gasteiger partial charge in [0.25, 0.3) is 11.4 Å². The van der Waals surface area contributed by atoms with E-state index in [1.54, 1.807) is 19.9 Å². The van der Waals surface area contributed by atoms with Crippen molar-refractivity contribution in [1.82, 2.24) is 9.80 Å². The van der Waals surface area contributed by atoms with E-state index in [9.17, 15) is 10.1 Å². The summed E-state index contributed by atoms with van der Waals surface area (Å²) in [6, 6.07) is 26.0. The SMILES string of the molecule is CC1(C)N([O-])c2cc(CN3CCN(C(=NCc4ccccc4)Nc4ccccc4)CC3)ccc2[N+]1=O. The molecule has 1 fully saturated rings. The first-order valence-corrected chi connectivity index (χ1v) is 12.4. The van der Waals surface area contributed by atoms with Crippen LogP contribution in [0.3, 0.4) is 0 Å². The number of anilines is 2. The summed E-state index contributed by atoms with van der Waals surface area (Å²) in [5, 5.41) is 17.0. The highest BCUT2D eigenvalue weighted by molar-refractivity contribution is 5.93. The molecule has 0 unspecified atom stereocenters. The van der Waals surface area contributed by atoms with Crippen LogP contribution in [0.2, 0.25) is 0 Å². The second-order valence-electron chi connectivity index (χ2n) is 9.79. The van der Waals surface area contributed by atoms with Gasteiger partial charge >= 0.3 is 0 Å². The molecule has 0 aliphatic carbocycles. The smallest absolute Gasteiger partial charge is 0.281 e. The van der Waals surface area contributed by atoms with Crippen molar-refractivity contribution in [2.45, 2.75) is 32.6 Å². The number of fused-ring (bicyclic) bond motifs is 1. The molecule has 0 aromatic heterocycles. The van der Waals surface area contributed by atoms with Crippen LogP contribution in [-0.4, -0.2) is 52.4 Å². The van der Waals surface area contributed by atoms with Crippen molar-refractivity contribution < 1.29 is 4.76 Å². The minimum atomic E-state index is -1.12. The summed E-state index contributed by atoms with van der Waals surface area (Å²) in [5.41, 5.74) is 3.00. The van der Waals surface area contributed by atoms with Crippen LogP contribution in [0.25, 0.3) is 0 Å². The van der Waals surface area contributed by atoms with Gasteiger partial charge in [-0.25, -0.2) is 4.99 Å². The molecule has 8 nitrogen and oxygen atoms in total. The number of nitrogens with zero attached hydrogens (tertiary/aromatic N) is 5. The number of hydroxylamine groups is 1. The highest BCUT2D eigenvalue weighted by atomic mass is 16.5. The summed E-state index contributed by atoms with van der Waals surface area (Å²) in [7, 11) is 0. The molecule has 3 aromatic carbocycles. The first kappa shape index (κ1) is 24.0. The molecule has 186 valence electrons. The van der Waals surface area contributed by atoms with E-state index in [0.717, 1.165) is 59.8 Å². The van der Waals surface area contributed by atoms with E-state index in [1.807, 2.05) is 60.7 Å². The molecule has 2 aliphatic rings. The summed E-state index contributed by atoms with van der Waals surface area (Å²) < 4.78 is 0.800. The second-order valence-corrected chi connectivity index (χ2v) is 9.79. The normalized spacial score (nSPS) is 17.9. The predicted molar refractivity (Wildman–Crippen MR) is 144 cm³/mol.